The van der Waals surface area contributed by atoms with Gasteiger partial charge in [0.2, 0.25) is 0 Å². The van der Waals surface area contributed by atoms with Crippen LogP contribution in [-0.2, 0) is 0 Å². The van der Waals surface area contributed by atoms with Crippen LogP contribution in [0.15, 0.2) is 60.3 Å². The van der Waals surface area contributed by atoms with Gasteiger partial charge in [0.1, 0.15) is 0 Å². The van der Waals surface area contributed by atoms with Gasteiger partial charge >= 0.3 is 0 Å². The Morgan fingerprint density at radius 3 is 2.58 bits per heavy atom. The average Bonchev–Trinajstić information content (AvgIpc) is 2.97. The van der Waals surface area contributed by atoms with Gasteiger partial charge in [0.15, 0.2) is 0 Å². The number of aliphatic hydroxyl groups is 1. The Balaban J connectivity index is 1.66. The van der Waals surface area contributed by atoms with Crippen LogP contribution in [0.25, 0.3) is 0 Å². The smallest absolute Gasteiger partial charge is 0.0577 e. The van der Waals surface area contributed by atoms with Crippen molar-refractivity contribution in [2.45, 2.75) is 64.9 Å². The van der Waals surface area contributed by atoms with Crippen LogP contribution in [0.2, 0.25) is 0 Å². The summed E-state index contributed by atoms with van der Waals surface area (Å²) < 4.78 is 0. The summed E-state index contributed by atoms with van der Waals surface area (Å²) in [6.45, 7) is 12.9. The molecule has 26 heavy (non-hydrogen) atoms. The van der Waals surface area contributed by atoms with Crippen molar-refractivity contribution in [1.29, 1.82) is 0 Å². The van der Waals surface area contributed by atoms with Gasteiger partial charge in [-0.05, 0) is 84.7 Å². The first-order valence-electron chi connectivity index (χ1n) is 10.5. The van der Waals surface area contributed by atoms with Crippen LogP contribution in [0.3, 0.4) is 0 Å². The van der Waals surface area contributed by atoms with Gasteiger partial charge < -0.3 is 5.11 Å². The molecule has 1 N–H and O–H groups in total. The van der Waals surface area contributed by atoms with Gasteiger partial charge in [0.05, 0.1) is 6.10 Å². The minimum Gasteiger partial charge on any atom is -0.393 e. The lowest BCUT2D eigenvalue weighted by molar-refractivity contribution is -0.0287. The fourth-order valence-electron chi connectivity index (χ4n) is 7.05. The second kappa shape index (κ2) is 6.37. The Morgan fingerprint density at radius 1 is 1.08 bits per heavy atom. The normalized spacial score (nSPS) is 45.0. The van der Waals surface area contributed by atoms with E-state index in [9.17, 15) is 5.11 Å². The predicted molar refractivity (Wildman–Crippen MR) is 110 cm³/mol. The number of allylic oxidation sites excluding steroid dienone is 7. The lowest BCUT2D eigenvalue weighted by Crippen LogP contribution is -2.50. The van der Waals surface area contributed by atoms with Crippen molar-refractivity contribution in [3.8, 4) is 0 Å². The Labute approximate surface area is 159 Å². The van der Waals surface area contributed by atoms with Crippen LogP contribution in [0.1, 0.15) is 58.8 Å². The minimum atomic E-state index is -0.112. The summed E-state index contributed by atoms with van der Waals surface area (Å²) in [5.41, 5.74) is 4.94. The molecule has 0 amide bonds. The molecule has 0 bridgehead atoms. The molecule has 1 nitrogen and oxygen atoms in total. The Bertz CT molecular complexity index is 708. The number of fused-ring (bicyclic) bond motifs is 5. The van der Waals surface area contributed by atoms with Crippen LogP contribution in [0.4, 0.5) is 0 Å². The van der Waals surface area contributed by atoms with Gasteiger partial charge in [-0.3, -0.25) is 0 Å². The summed E-state index contributed by atoms with van der Waals surface area (Å²) in [5, 5.41) is 10.2. The summed E-state index contributed by atoms with van der Waals surface area (Å²) in [5.74, 6) is 2.31. The molecule has 2 fully saturated rings. The van der Waals surface area contributed by atoms with Gasteiger partial charge in [-0.25, -0.2) is 0 Å². The molecule has 0 spiro atoms. The number of rotatable bonds is 3. The van der Waals surface area contributed by atoms with E-state index >= 15 is 0 Å². The standard InChI is InChI=1S/C25H34O/c1-5-7-17(6-2)21-10-11-22-20-9-8-18-16-19(26)12-14-24(18,3)23(20)13-15-25(21,22)4/h5-8,10,19-20,22-23,26H,1-2,9,11-16H2,3-4H3/b17-7+/t19-,20-,22-,23-,24-,25+/m0/s1. The molecular formula is C25H34O. The molecule has 0 saturated heterocycles. The highest BCUT2D eigenvalue weighted by Gasteiger charge is 2.56. The van der Waals surface area contributed by atoms with E-state index in [0.717, 1.165) is 30.6 Å². The molecule has 4 aliphatic carbocycles. The number of hydrogen-bond donors (Lipinski definition) is 1. The van der Waals surface area contributed by atoms with E-state index in [1.807, 2.05) is 12.2 Å². The van der Waals surface area contributed by atoms with Crippen molar-refractivity contribution in [3.63, 3.8) is 0 Å². The molecule has 1 heteroatoms. The van der Waals surface area contributed by atoms with Gasteiger partial charge in [-0.15, -0.1) is 0 Å². The predicted octanol–water partition coefficient (Wildman–Crippen LogP) is 6.14. The third-order valence-corrected chi connectivity index (χ3v) is 8.49. The lowest BCUT2D eigenvalue weighted by atomic mass is 9.47. The molecule has 0 heterocycles. The molecule has 140 valence electrons. The number of aliphatic hydroxyl groups excluding tert-OH is 1. The van der Waals surface area contributed by atoms with Crippen LogP contribution < -0.4 is 0 Å². The molecule has 0 aromatic heterocycles. The maximum Gasteiger partial charge on any atom is 0.0577 e. The van der Waals surface area contributed by atoms with Crippen molar-refractivity contribution in [3.05, 3.63) is 60.3 Å². The maximum atomic E-state index is 10.2. The largest absolute Gasteiger partial charge is 0.393 e. The summed E-state index contributed by atoms with van der Waals surface area (Å²) in [4.78, 5) is 0. The quantitative estimate of drug-likeness (QED) is 0.478. The van der Waals surface area contributed by atoms with Gasteiger partial charge in [-0.2, -0.15) is 0 Å². The summed E-state index contributed by atoms with van der Waals surface area (Å²) in [7, 11) is 0. The molecule has 6 atom stereocenters. The average molecular weight is 351 g/mol. The van der Waals surface area contributed by atoms with E-state index in [-0.39, 0.29) is 11.5 Å². The monoisotopic (exact) mass is 350 g/mol. The van der Waals surface area contributed by atoms with Crippen molar-refractivity contribution in [1.82, 2.24) is 0 Å². The van der Waals surface area contributed by atoms with Crippen molar-refractivity contribution < 1.29 is 5.11 Å². The van der Waals surface area contributed by atoms with E-state index in [1.165, 1.54) is 43.3 Å². The highest BCUT2D eigenvalue weighted by atomic mass is 16.3. The topological polar surface area (TPSA) is 20.2 Å². The van der Waals surface area contributed by atoms with Crippen molar-refractivity contribution in [2.24, 2.45) is 28.6 Å². The van der Waals surface area contributed by atoms with Crippen LogP contribution in [0.5, 0.6) is 0 Å². The van der Waals surface area contributed by atoms with E-state index in [4.69, 9.17) is 0 Å². The summed E-state index contributed by atoms with van der Waals surface area (Å²) in [6, 6.07) is 0. The zero-order valence-electron chi connectivity index (χ0n) is 16.5. The fraction of sp³-hybridized carbons (Fsp3) is 0.600. The third kappa shape index (κ3) is 2.47. The van der Waals surface area contributed by atoms with E-state index in [1.54, 1.807) is 5.57 Å². The highest BCUT2D eigenvalue weighted by Crippen LogP contribution is 2.65. The molecule has 2 saturated carbocycles. The second-order valence-corrected chi connectivity index (χ2v) is 9.53. The maximum absolute atomic E-state index is 10.2. The fourth-order valence-corrected chi connectivity index (χ4v) is 7.05. The molecule has 0 unspecified atom stereocenters. The van der Waals surface area contributed by atoms with Gasteiger partial charge in [0, 0.05) is 0 Å². The van der Waals surface area contributed by atoms with E-state index in [2.05, 4.69) is 45.2 Å². The first-order valence-corrected chi connectivity index (χ1v) is 10.5. The molecule has 0 radical (unpaired) electrons. The Hall–Kier alpha value is -1.34. The van der Waals surface area contributed by atoms with Crippen LogP contribution in [-0.4, -0.2) is 11.2 Å². The summed E-state index contributed by atoms with van der Waals surface area (Å²) in [6.07, 6.45) is 19.0. The van der Waals surface area contributed by atoms with E-state index in [0.29, 0.717) is 5.41 Å². The highest BCUT2D eigenvalue weighted by molar-refractivity contribution is 5.48. The van der Waals surface area contributed by atoms with E-state index < -0.39 is 0 Å². The molecule has 0 aliphatic heterocycles. The molecule has 4 aliphatic rings. The lowest BCUT2D eigenvalue weighted by Gasteiger charge is -2.57. The zero-order valence-corrected chi connectivity index (χ0v) is 16.5. The second-order valence-electron chi connectivity index (χ2n) is 9.53. The van der Waals surface area contributed by atoms with Crippen LogP contribution in [0, 0.1) is 28.6 Å². The molecule has 0 aromatic rings. The zero-order chi connectivity index (χ0) is 18.5. The number of hydrogen-bond acceptors (Lipinski definition) is 1. The minimum absolute atomic E-state index is 0.112. The SMILES string of the molecule is C=C/C=C(\C=C)C1=CC[C@H]2[C@@H]3CC=C4C[C@@H](O)CC[C@]4(C)[C@H]3CC[C@]12C. The third-order valence-electron chi connectivity index (χ3n) is 8.49. The van der Waals surface area contributed by atoms with Gasteiger partial charge in [-0.1, -0.05) is 63.0 Å². The summed E-state index contributed by atoms with van der Waals surface area (Å²) >= 11 is 0. The van der Waals surface area contributed by atoms with Crippen molar-refractivity contribution >= 4 is 0 Å². The van der Waals surface area contributed by atoms with Crippen LogP contribution >= 0.6 is 0 Å². The van der Waals surface area contributed by atoms with Crippen molar-refractivity contribution in [2.75, 3.05) is 0 Å². The first-order chi connectivity index (χ1) is 12.4. The molecular weight excluding hydrogens is 316 g/mol. The molecule has 4 rings (SSSR count). The first kappa shape index (κ1) is 18.0. The molecule has 0 aromatic carbocycles. The Kier molecular flexibility index (Phi) is 4.42. The Morgan fingerprint density at radius 2 is 1.85 bits per heavy atom. The van der Waals surface area contributed by atoms with Gasteiger partial charge in [0.25, 0.3) is 0 Å².